The highest BCUT2D eigenvalue weighted by Gasteiger charge is 2.28. The molecule has 0 saturated carbocycles. The van der Waals surface area contributed by atoms with Crippen LogP contribution >= 0.6 is 0 Å². The van der Waals surface area contributed by atoms with Gasteiger partial charge in [-0.05, 0) is 25.5 Å². The summed E-state index contributed by atoms with van der Waals surface area (Å²) in [6, 6.07) is 5.76. The van der Waals surface area contributed by atoms with Crippen LogP contribution in [-0.4, -0.2) is 37.8 Å². The molecule has 7 heteroatoms. The number of sulfone groups is 1. The number of hydrogen-bond acceptors (Lipinski definition) is 4. The first-order valence-corrected chi connectivity index (χ1v) is 8.07. The maximum Gasteiger partial charge on any atom is 0.319 e. The molecule has 2 amide bonds. The van der Waals surface area contributed by atoms with Crippen LogP contribution in [0.1, 0.15) is 23.7 Å². The van der Waals surface area contributed by atoms with Crippen molar-refractivity contribution >= 4 is 27.3 Å². The molecule has 1 aliphatic heterocycles. The zero-order valence-corrected chi connectivity index (χ0v) is 11.9. The van der Waals surface area contributed by atoms with Crippen molar-refractivity contribution in [3.63, 3.8) is 0 Å². The van der Waals surface area contributed by atoms with Crippen molar-refractivity contribution in [3.8, 4) is 0 Å². The lowest BCUT2D eigenvalue weighted by molar-refractivity contribution is 0.101. The number of hydrogen-bond donors (Lipinski definition) is 2. The molecule has 2 N–H and O–H groups in total. The highest BCUT2D eigenvalue weighted by atomic mass is 32.2. The van der Waals surface area contributed by atoms with Crippen molar-refractivity contribution in [1.82, 2.24) is 5.32 Å². The van der Waals surface area contributed by atoms with Crippen LogP contribution in [-0.2, 0) is 9.84 Å². The zero-order valence-electron chi connectivity index (χ0n) is 11.0. The van der Waals surface area contributed by atoms with Crippen LogP contribution in [0.2, 0.25) is 0 Å². The summed E-state index contributed by atoms with van der Waals surface area (Å²) in [4.78, 5) is 23.0. The molecule has 1 aromatic carbocycles. The largest absolute Gasteiger partial charge is 0.334 e. The fraction of sp³-hybridized carbons (Fsp3) is 0.385. The highest BCUT2D eigenvalue weighted by molar-refractivity contribution is 7.91. The molecule has 1 aromatic rings. The van der Waals surface area contributed by atoms with E-state index in [0.717, 1.165) is 0 Å². The summed E-state index contributed by atoms with van der Waals surface area (Å²) < 4.78 is 22.6. The van der Waals surface area contributed by atoms with Gasteiger partial charge in [-0.25, -0.2) is 13.2 Å². The third-order valence-corrected chi connectivity index (χ3v) is 4.86. The van der Waals surface area contributed by atoms with Crippen LogP contribution in [0.4, 0.5) is 10.5 Å². The lowest BCUT2D eigenvalue weighted by Gasteiger charge is -2.12. The summed E-state index contributed by atoms with van der Waals surface area (Å²) in [5.41, 5.74) is 1.00. The van der Waals surface area contributed by atoms with E-state index in [-0.39, 0.29) is 23.3 Å². The summed E-state index contributed by atoms with van der Waals surface area (Å²) >= 11 is 0. The molecule has 1 saturated heterocycles. The fourth-order valence-electron chi connectivity index (χ4n) is 2.08. The van der Waals surface area contributed by atoms with Crippen molar-refractivity contribution in [2.45, 2.75) is 19.4 Å². The van der Waals surface area contributed by atoms with E-state index < -0.39 is 15.9 Å². The van der Waals surface area contributed by atoms with Gasteiger partial charge in [-0.2, -0.15) is 0 Å². The Balaban J connectivity index is 1.95. The van der Waals surface area contributed by atoms with E-state index in [2.05, 4.69) is 10.6 Å². The standard InChI is InChI=1S/C13H16N2O4S/c1-9(16)10-3-2-4-11(7-10)14-13(17)15-12-5-6-20(18,19)8-12/h2-4,7,12H,5-6,8H2,1H3,(H2,14,15,17)/t12-/m1/s1. The monoisotopic (exact) mass is 296 g/mol. The van der Waals surface area contributed by atoms with Crippen molar-refractivity contribution in [3.05, 3.63) is 29.8 Å². The summed E-state index contributed by atoms with van der Waals surface area (Å²) in [6.07, 6.45) is 0.434. The van der Waals surface area contributed by atoms with Crippen molar-refractivity contribution in [1.29, 1.82) is 0 Å². The predicted molar refractivity (Wildman–Crippen MR) is 75.7 cm³/mol. The molecule has 1 heterocycles. The van der Waals surface area contributed by atoms with Crippen LogP contribution in [0.3, 0.4) is 0 Å². The van der Waals surface area contributed by atoms with Gasteiger partial charge in [0.1, 0.15) is 0 Å². The minimum atomic E-state index is -3.02. The molecule has 0 bridgehead atoms. The first-order chi connectivity index (χ1) is 9.35. The first kappa shape index (κ1) is 14.5. The van der Waals surface area contributed by atoms with E-state index >= 15 is 0 Å². The summed E-state index contributed by atoms with van der Waals surface area (Å²) in [5, 5.41) is 5.21. The van der Waals surface area contributed by atoms with Crippen molar-refractivity contribution < 1.29 is 18.0 Å². The van der Waals surface area contributed by atoms with Gasteiger partial charge < -0.3 is 10.6 Å². The zero-order chi connectivity index (χ0) is 14.8. The second-order valence-electron chi connectivity index (χ2n) is 4.84. The second kappa shape index (κ2) is 5.62. The number of carbonyl (C=O) groups is 2. The molecule has 1 aliphatic rings. The second-order valence-corrected chi connectivity index (χ2v) is 7.06. The molecule has 2 rings (SSSR count). The van der Waals surface area contributed by atoms with E-state index in [9.17, 15) is 18.0 Å². The lowest BCUT2D eigenvalue weighted by atomic mass is 10.1. The van der Waals surface area contributed by atoms with Gasteiger partial charge in [-0.15, -0.1) is 0 Å². The van der Waals surface area contributed by atoms with E-state index in [1.807, 2.05) is 0 Å². The molecular formula is C13H16N2O4S. The molecule has 6 nitrogen and oxygen atoms in total. The predicted octanol–water partition coefficient (Wildman–Crippen LogP) is 1.20. The Labute approximate surface area is 117 Å². The topological polar surface area (TPSA) is 92.3 Å². The average Bonchev–Trinajstić information content (AvgIpc) is 2.68. The van der Waals surface area contributed by atoms with Gasteiger partial charge in [-0.3, -0.25) is 4.79 Å². The smallest absolute Gasteiger partial charge is 0.319 e. The Morgan fingerprint density at radius 3 is 2.65 bits per heavy atom. The highest BCUT2D eigenvalue weighted by Crippen LogP contribution is 2.13. The average molecular weight is 296 g/mol. The summed E-state index contributed by atoms with van der Waals surface area (Å²) in [6.45, 7) is 1.45. The number of Topliss-reactive ketones (excluding diaryl/α,β-unsaturated/α-hetero) is 1. The van der Waals surface area contributed by atoms with Gasteiger partial charge in [0.25, 0.3) is 0 Å². The van der Waals surface area contributed by atoms with E-state index in [4.69, 9.17) is 0 Å². The molecule has 1 atom stereocenters. The maximum atomic E-state index is 11.8. The van der Waals surface area contributed by atoms with E-state index in [1.54, 1.807) is 24.3 Å². The number of ketones is 1. The number of anilines is 1. The molecule has 0 spiro atoms. The van der Waals surface area contributed by atoms with Crippen LogP contribution in [0.25, 0.3) is 0 Å². The Morgan fingerprint density at radius 1 is 1.30 bits per heavy atom. The van der Waals surface area contributed by atoms with Crippen molar-refractivity contribution in [2.24, 2.45) is 0 Å². The number of benzene rings is 1. The number of nitrogens with one attached hydrogen (secondary N) is 2. The molecule has 108 valence electrons. The van der Waals surface area contributed by atoms with Crippen LogP contribution in [0.5, 0.6) is 0 Å². The minimum Gasteiger partial charge on any atom is -0.334 e. The van der Waals surface area contributed by atoms with Gasteiger partial charge in [-0.1, -0.05) is 12.1 Å². The number of amides is 2. The maximum absolute atomic E-state index is 11.8. The minimum absolute atomic E-state index is 0.0199. The third-order valence-electron chi connectivity index (χ3n) is 3.09. The SMILES string of the molecule is CC(=O)c1cccc(NC(=O)N[C@@H]2CCS(=O)(=O)C2)c1. The Bertz CT molecular complexity index is 640. The Hall–Kier alpha value is -1.89. The van der Waals surface area contributed by atoms with E-state index in [1.165, 1.54) is 6.92 Å². The lowest BCUT2D eigenvalue weighted by Crippen LogP contribution is -2.38. The van der Waals surface area contributed by atoms with Crippen molar-refractivity contribution in [2.75, 3.05) is 16.8 Å². The van der Waals surface area contributed by atoms with E-state index in [0.29, 0.717) is 17.7 Å². The Morgan fingerprint density at radius 2 is 2.05 bits per heavy atom. The van der Waals surface area contributed by atoms with Crippen LogP contribution in [0.15, 0.2) is 24.3 Å². The number of rotatable bonds is 3. The summed E-state index contributed by atoms with van der Waals surface area (Å²) in [7, 11) is -3.02. The number of urea groups is 1. The normalized spacial score (nSPS) is 20.4. The molecule has 0 unspecified atom stereocenters. The van der Waals surface area contributed by atoms with Gasteiger partial charge in [0, 0.05) is 17.3 Å². The molecule has 20 heavy (non-hydrogen) atoms. The number of carbonyl (C=O) groups excluding carboxylic acids is 2. The Kier molecular flexibility index (Phi) is 4.08. The molecule has 0 aliphatic carbocycles. The van der Waals surface area contributed by atoms with Crippen LogP contribution in [0, 0.1) is 0 Å². The quantitative estimate of drug-likeness (QED) is 0.820. The van der Waals surface area contributed by atoms with Crippen LogP contribution < -0.4 is 10.6 Å². The fourth-order valence-corrected chi connectivity index (χ4v) is 3.75. The molecule has 0 aromatic heterocycles. The summed E-state index contributed by atoms with van der Waals surface area (Å²) in [5.74, 6) is 0.00187. The molecule has 0 radical (unpaired) electrons. The molecule has 1 fully saturated rings. The van der Waals surface area contributed by atoms with Gasteiger partial charge in [0.2, 0.25) is 0 Å². The molecular weight excluding hydrogens is 280 g/mol. The third kappa shape index (κ3) is 3.80. The van der Waals surface area contributed by atoms with Gasteiger partial charge >= 0.3 is 6.03 Å². The van der Waals surface area contributed by atoms with Gasteiger partial charge in [0.05, 0.1) is 11.5 Å². The first-order valence-electron chi connectivity index (χ1n) is 6.25. The van der Waals surface area contributed by atoms with Gasteiger partial charge in [0.15, 0.2) is 15.6 Å².